The molecule has 100 valence electrons. The van der Waals surface area contributed by atoms with E-state index < -0.39 is 6.10 Å². The van der Waals surface area contributed by atoms with E-state index >= 15 is 0 Å². The average Bonchev–Trinajstić information content (AvgIpc) is 2.25. The molecule has 1 fully saturated rings. The number of aliphatic hydroxyl groups excluding tert-OH is 1. The first-order valence-electron chi connectivity index (χ1n) is 6.24. The Balaban J connectivity index is 2.34. The Morgan fingerprint density at radius 2 is 2.29 bits per heavy atom. The quantitative estimate of drug-likeness (QED) is 0.752. The summed E-state index contributed by atoms with van der Waals surface area (Å²) >= 11 is 1.96. The molecule has 1 heterocycles. The van der Waals surface area contributed by atoms with Crippen molar-refractivity contribution in [3.63, 3.8) is 0 Å². The number of β-amino-alcohol motifs (C(OH)–C–C–N with tert-alkyl or cyclic N) is 1. The van der Waals surface area contributed by atoms with E-state index in [9.17, 15) is 9.90 Å². The fraction of sp³-hybridized carbons (Fsp3) is 0.917. The van der Waals surface area contributed by atoms with E-state index in [1.165, 1.54) is 0 Å². The number of thioether (sulfide) groups is 1. The lowest BCUT2D eigenvalue weighted by atomic mass is 10.1. The molecular weight excluding hydrogens is 238 g/mol. The van der Waals surface area contributed by atoms with Gasteiger partial charge in [-0.25, -0.2) is 0 Å². The van der Waals surface area contributed by atoms with Crippen LogP contribution < -0.4 is 0 Å². The number of hydrogen-bond donors (Lipinski definition) is 1. The zero-order valence-electron chi connectivity index (χ0n) is 10.9. The third-order valence-electron chi connectivity index (χ3n) is 3.17. The van der Waals surface area contributed by atoms with Gasteiger partial charge in [0, 0.05) is 30.1 Å². The zero-order chi connectivity index (χ0) is 12.8. The van der Waals surface area contributed by atoms with E-state index in [0.717, 1.165) is 12.3 Å². The molecule has 17 heavy (non-hydrogen) atoms. The minimum atomic E-state index is -0.619. The molecule has 0 amide bonds. The summed E-state index contributed by atoms with van der Waals surface area (Å²) in [4.78, 5) is 13.5. The maximum Gasteiger partial charge on any atom is 0.308 e. The van der Waals surface area contributed by atoms with Gasteiger partial charge in [-0.2, -0.15) is 11.8 Å². The van der Waals surface area contributed by atoms with Gasteiger partial charge < -0.3 is 9.84 Å². The number of hydrogen-bond acceptors (Lipinski definition) is 5. The van der Waals surface area contributed by atoms with E-state index in [1.807, 2.05) is 11.8 Å². The first kappa shape index (κ1) is 14.8. The molecule has 0 saturated carbocycles. The summed E-state index contributed by atoms with van der Waals surface area (Å²) in [6, 6.07) is 0.450. The van der Waals surface area contributed by atoms with Crippen molar-refractivity contribution in [2.24, 2.45) is 0 Å². The molecule has 0 aromatic carbocycles. The van der Waals surface area contributed by atoms with Gasteiger partial charge in [-0.1, -0.05) is 6.92 Å². The molecular formula is C12H23NO3S. The van der Waals surface area contributed by atoms with Crippen LogP contribution >= 0.6 is 11.8 Å². The largest absolute Gasteiger partial charge is 0.466 e. The van der Waals surface area contributed by atoms with Crippen molar-refractivity contribution in [2.45, 2.75) is 44.6 Å². The van der Waals surface area contributed by atoms with Crippen LogP contribution in [-0.2, 0) is 9.53 Å². The smallest absolute Gasteiger partial charge is 0.308 e. The van der Waals surface area contributed by atoms with Gasteiger partial charge in [0.05, 0.1) is 19.1 Å². The molecule has 0 radical (unpaired) electrons. The fourth-order valence-corrected chi connectivity index (χ4v) is 3.16. The maximum atomic E-state index is 11.2. The number of aliphatic hydroxyl groups is 1. The molecule has 3 unspecified atom stereocenters. The Morgan fingerprint density at radius 3 is 2.94 bits per heavy atom. The van der Waals surface area contributed by atoms with Gasteiger partial charge in [-0.3, -0.25) is 9.69 Å². The predicted octanol–water partition coefficient (Wildman–Crippen LogP) is 1.13. The first-order valence-corrected chi connectivity index (χ1v) is 7.28. The molecule has 0 bridgehead atoms. The highest BCUT2D eigenvalue weighted by Gasteiger charge is 2.27. The number of nitrogens with zero attached hydrogens (tertiary/aromatic N) is 1. The molecule has 1 saturated heterocycles. The summed E-state index contributed by atoms with van der Waals surface area (Å²) in [6.45, 7) is 8.07. The lowest BCUT2D eigenvalue weighted by Crippen LogP contribution is -2.48. The molecule has 1 N–H and O–H groups in total. The van der Waals surface area contributed by atoms with Crippen molar-refractivity contribution in [3.05, 3.63) is 0 Å². The van der Waals surface area contributed by atoms with Crippen LogP contribution in [0.2, 0.25) is 0 Å². The highest BCUT2D eigenvalue weighted by Crippen LogP contribution is 2.24. The minimum Gasteiger partial charge on any atom is -0.466 e. The van der Waals surface area contributed by atoms with Crippen molar-refractivity contribution in [1.82, 2.24) is 4.90 Å². The van der Waals surface area contributed by atoms with Crippen LogP contribution in [0.15, 0.2) is 0 Å². The fourth-order valence-electron chi connectivity index (χ4n) is 2.00. The normalized spacial score (nSPS) is 27.8. The second-order valence-corrected chi connectivity index (χ2v) is 5.96. The molecule has 3 atom stereocenters. The van der Waals surface area contributed by atoms with Gasteiger partial charge in [0.2, 0.25) is 0 Å². The zero-order valence-corrected chi connectivity index (χ0v) is 11.7. The minimum absolute atomic E-state index is 0.0958. The molecule has 1 rings (SSSR count). The van der Waals surface area contributed by atoms with Gasteiger partial charge >= 0.3 is 5.97 Å². The van der Waals surface area contributed by atoms with Crippen molar-refractivity contribution < 1.29 is 14.6 Å². The van der Waals surface area contributed by atoms with Gasteiger partial charge in [0.15, 0.2) is 0 Å². The molecule has 1 aliphatic rings. The van der Waals surface area contributed by atoms with E-state index in [-0.39, 0.29) is 12.4 Å². The monoisotopic (exact) mass is 261 g/mol. The van der Waals surface area contributed by atoms with Crippen LogP contribution in [0, 0.1) is 0 Å². The first-order chi connectivity index (χ1) is 8.04. The Kier molecular flexibility index (Phi) is 6.30. The number of carbonyl (C=O) groups excluding carboxylic acids is 1. The van der Waals surface area contributed by atoms with E-state index in [2.05, 4.69) is 18.7 Å². The highest BCUT2D eigenvalue weighted by atomic mass is 32.2. The number of rotatable bonds is 5. The molecule has 5 heteroatoms. The van der Waals surface area contributed by atoms with E-state index in [4.69, 9.17) is 4.74 Å². The maximum absolute atomic E-state index is 11.2. The third-order valence-corrected chi connectivity index (χ3v) is 4.51. The standard InChI is InChI=1S/C12H23NO3S/c1-4-16-12(15)7-11(14)8-13-5-6-17-10(3)9(13)2/h9-11,14H,4-8H2,1-3H3. The molecule has 0 spiro atoms. The van der Waals surface area contributed by atoms with Gasteiger partial charge in [-0.05, 0) is 13.8 Å². The molecule has 0 aliphatic carbocycles. The van der Waals surface area contributed by atoms with Gasteiger partial charge in [0.25, 0.3) is 0 Å². The lowest BCUT2D eigenvalue weighted by Gasteiger charge is -2.38. The Labute approximate surface area is 108 Å². The average molecular weight is 261 g/mol. The van der Waals surface area contributed by atoms with E-state index in [0.29, 0.717) is 24.4 Å². The van der Waals surface area contributed by atoms with Crippen LogP contribution in [0.5, 0.6) is 0 Å². The van der Waals surface area contributed by atoms with Crippen molar-refractivity contribution in [2.75, 3.05) is 25.4 Å². The Morgan fingerprint density at radius 1 is 1.59 bits per heavy atom. The number of carbonyl (C=O) groups is 1. The lowest BCUT2D eigenvalue weighted by molar-refractivity contribution is -0.145. The summed E-state index contributed by atoms with van der Waals surface area (Å²) in [5.41, 5.74) is 0. The summed E-state index contributed by atoms with van der Waals surface area (Å²) in [7, 11) is 0. The van der Waals surface area contributed by atoms with Crippen LogP contribution in [0.25, 0.3) is 0 Å². The summed E-state index contributed by atoms with van der Waals surface area (Å²) in [6.07, 6.45) is -0.523. The summed E-state index contributed by atoms with van der Waals surface area (Å²) in [5.74, 6) is 0.782. The van der Waals surface area contributed by atoms with Gasteiger partial charge in [-0.15, -0.1) is 0 Å². The molecule has 0 aromatic heterocycles. The van der Waals surface area contributed by atoms with Crippen LogP contribution in [0.1, 0.15) is 27.2 Å². The van der Waals surface area contributed by atoms with Crippen molar-refractivity contribution in [1.29, 1.82) is 0 Å². The van der Waals surface area contributed by atoms with Crippen LogP contribution in [0.4, 0.5) is 0 Å². The second kappa shape index (κ2) is 7.24. The third kappa shape index (κ3) is 4.85. The van der Waals surface area contributed by atoms with E-state index in [1.54, 1.807) is 6.92 Å². The Bertz CT molecular complexity index is 250. The Hall–Kier alpha value is -0.260. The molecule has 4 nitrogen and oxygen atoms in total. The SMILES string of the molecule is CCOC(=O)CC(O)CN1CCSC(C)C1C. The summed E-state index contributed by atoms with van der Waals surface area (Å²) < 4.78 is 4.83. The number of ether oxygens (including phenoxy) is 1. The molecule has 0 aromatic rings. The second-order valence-electron chi connectivity index (χ2n) is 4.47. The van der Waals surface area contributed by atoms with Gasteiger partial charge in [0.1, 0.15) is 0 Å². The van der Waals surface area contributed by atoms with Crippen LogP contribution in [0.3, 0.4) is 0 Å². The predicted molar refractivity (Wildman–Crippen MR) is 70.2 cm³/mol. The summed E-state index contributed by atoms with van der Waals surface area (Å²) in [5, 5.41) is 10.4. The van der Waals surface area contributed by atoms with Crippen LogP contribution in [-0.4, -0.2) is 58.8 Å². The number of esters is 1. The molecule has 1 aliphatic heterocycles. The van der Waals surface area contributed by atoms with Crippen molar-refractivity contribution in [3.8, 4) is 0 Å². The topological polar surface area (TPSA) is 49.8 Å². The highest BCUT2D eigenvalue weighted by molar-refractivity contribution is 8.00. The van der Waals surface area contributed by atoms with Crippen molar-refractivity contribution >= 4 is 17.7 Å².